The highest BCUT2D eigenvalue weighted by Crippen LogP contribution is 2.23. The van der Waals surface area contributed by atoms with Crippen molar-refractivity contribution in [3.63, 3.8) is 0 Å². The molecule has 12 nitrogen and oxygen atoms in total. The van der Waals surface area contributed by atoms with E-state index in [1.54, 1.807) is 22.9 Å². The van der Waals surface area contributed by atoms with E-state index in [0.717, 1.165) is 12.8 Å². The van der Waals surface area contributed by atoms with E-state index in [0.29, 0.717) is 28.1 Å². The molecule has 12 heteroatoms. The van der Waals surface area contributed by atoms with Crippen LogP contribution in [0.15, 0.2) is 32.7 Å². The van der Waals surface area contributed by atoms with Crippen molar-refractivity contribution >= 4 is 23.6 Å². The number of rotatable bonds is 5. The molecular weight excluding hydrogens is 380 g/mol. The largest absolute Gasteiger partial charge is 0.493 e. The molecule has 1 aliphatic rings. The van der Waals surface area contributed by atoms with E-state index in [4.69, 9.17) is 9.15 Å². The number of fused-ring (bicyclic) bond motifs is 1. The van der Waals surface area contributed by atoms with Crippen LogP contribution in [0.5, 0.6) is 11.8 Å². The molecule has 0 radical (unpaired) electrons. The predicted molar refractivity (Wildman–Crippen MR) is 99.8 cm³/mol. The van der Waals surface area contributed by atoms with Gasteiger partial charge < -0.3 is 19.2 Å². The van der Waals surface area contributed by atoms with Crippen molar-refractivity contribution < 1.29 is 14.3 Å². The zero-order chi connectivity index (χ0) is 20.0. The summed E-state index contributed by atoms with van der Waals surface area (Å²) >= 11 is 0. The molecule has 0 atom stereocenters. The zero-order valence-electron chi connectivity index (χ0n) is 15.2. The number of methoxy groups -OCH3 is 1. The number of nitrogens with zero attached hydrogens (tertiary/aromatic N) is 5. The molecule has 0 bridgehead atoms. The highest BCUT2D eigenvalue weighted by atomic mass is 16.5. The van der Waals surface area contributed by atoms with Gasteiger partial charge in [-0.3, -0.25) is 15.3 Å². The third-order valence-electron chi connectivity index (χ3n) is 4.30. The molecular formula is C17H16N8O4. The standard InChI is InChI=1S/C17H16N8O4/c1-28-13-7-29-17(23-13)22-11-5-12(19-9-2-3-9)25-14(21-11)8(6-18-25)4-10-15(26)24-16(27)20-10/h4-7,9,26H,2-3H2,1H3,(H,22,23)(H2,20,24,27). The van der Waals surface area contributed by atoms with E-state index in [-0.39, 0.29) is 23.6 Å². The van der Waals surface area contributed by atoms with Crippen LogP contribution in [0.1, 0.15) is 18.5 Å². The first-order valence-corrected chi connectivity index (χ1v) is 8.81. The van der Waals surface area contributed by atoms with Crippen LogP contribution < -0.4 is 26.4 Å². The number of oxazole rings is 1. The fraction of sp³-hybridized carbons (Fsp3) is 0.235. The third-order valence-corrected chi connectivity index (χ3v) is 4.30. The molecule has 0 saturated heterocycles. The van der Waals surface area contributed by atoms with Crippen molar-refractivity contribution in [3.8, 4) is 11.8 Å². The van der Waals surface area contributed by atoms with Crippen LogP contribution in [-0.4, -0.2) is 47.8 Å². The lowest BCUT2D eigenvalue weighted by atomic mass is 10.3. The summed E-state index contributed by atoms with van der Waals surface area (Å²) in [6.45, 7) is 0. The van der Waals surface area contributed by atoms with Gasteiger partial charge in [0.05, 0.1) is 19.3 Å². The fourth-order valence-corrected chi connectivity index (χ4v) is 2.78. The van der Waals surface area contributed by atoms with Crippen LogP contribution in [-0.2, 0) is 0 Å². The molecule has 1 aliphatic carbocycles. The molecule has 4 heterocycles. The number of hydrogen-bond donors (Lipinski definition) is 4. The van der Waals surface area contributed by atoms with E-state index < -0.39 is 5.69 Å². The van der Waals surface area contributed by atoms with Gasteiger partial charge in [-0.1, -0.05) is 0 Å². The van der Waals surface area contributed by atoms with Crippen LogP contribution in [0.3, 0.4) is 0 Å². The Labute approximate surface area is 161 Å². The van der Waals surface area contributed by atoms with Crippen molar-refractivity contribution in [3.05, 3.63) is 45.4 Å². The fourth-order valence-electron chi connectivity index (χ4n) is 2.78. The maximum Gasteiger partial charge on any atom is 0.326 e. The van der Waals surface area contributed by atoms with E-state index in [9.17, 15) is 9.90 Å². The molecule has 0 aliphatic heterocycles. The van der Waals surface area contributed by atoms with Crippen molar-refractivity contribution in [1.82, 2.24) is 29.5 Å². The van der Waals surface area contributed by atoms with E-state index in [2.05, 4.69) is 35.3 Å². The minimum atomic E-state index is -0.511. The molecule has 0 amide bonds. The van der Waals surface area contributed by atoms with Crippen LogP contribution in [0, 0.1) is 0 Å². The number of aromatic amines is 2. The quantitative estimate of drug-likeness (QED) is 0.361. The molecule has 0 unspecified atom stereocenters. The average Bonchev–Trinajstić information content (AvgIpc) is 3.09. The SMILES string of the molecule is COc1coc(Nc2cc(=NC3CC3)n3ncc(=Cc4[nH]c(=O)[nH]c4O)c3n2)n1. The number of ether oxygens (including phenoxy) is 1. The Morgan fingerprint density at radius 3 is 2.97 bits per heavy atom. The van der Waals surface area contributed by atoms with Crippen molar-refractivity contribution in [1.29, 1.82) is 0 Å². The van der Waals surface area contributed by atoms with Crippen LogP contribution >= 0.6 is 0 Å². The Morgan fingerprint density at radius 2 is 2.28 bits per heavy atom. The minimum Gasteiger partial charge on any atom is -0.493 e. The third kappa shape index (κ3) is 3.31. The summed E-state index contributed by atoms with van der Waals surface area (Å²) in [5.74, 6) is 0.517. The Morgan fingerprint density at radius 1 is 1.41 bits per heavy atom. The molecule has 5 rings (SSSR count). The lowest BCUT2D eigenvalue weighted by molar-refractivity contribution is 0.395. The first-order chi connectivity index (χ1) is 14.1. The number of aromatic nitrogens is 6. The monoisotopic (exact) mass is 396 g/mol. The van der Waals surface area contributed by atoms with Gasteiger partial charge in [0, 0.05) is 11.3 Å². The topological polar surface area (TPSA) is 159 Å². The number of imidazole rings is 1. The Bertz CT molecular complexity index is 1370. The molecule has 4 N–H and O–H groups in total. The highest BCUT2D eigenvalue weighted by Gasteiger charge is 2.20. The number of aromatic hydroxyl groups is 1. The Kier molecular flexibility index (Phi) is 3.82. The number of anilines is 2. The lowest BCUT2D eigenvalue weighted by Crippen LogP contribution is -2.19. The summed E-state index contributed by atoms with van der Waals surface area (Å²) in [4.78, 5) is 29.5. The summed E-state index contributed by atoms with van der Waals surface area (Å²) in [6.07, 6.45) is 6.59. The molecule has 148 valence electrons. The molecule has 1 saturated carbocycles. The van der Waals surface area contributed by atoms with Gasteiger partial charge in [0.15, 0.2) is 17.4 Å². The van der Waals surface area contributed by atoms with Crippen molar-refractivity contribution in [2.75, 3.05) is 12.4 Å². The van der Waals surface area contributed by atoms with Gasteiger partial charge in [-0.05, 0) is 18.9 Å². The number of nitrogens with one attached hydrogen (secondary N) is 3. The second-order valence-corrected chi connectivity index (χ2v) is 6.50. The summed E-state index contributed by atoms with van der Waals surface area (Å²) in [6, 6.07) is 2.22. The molecule has 4 aromatic rings. The highest BCUT2D eigenvalue weighted by molar-refractivity contribution is 5.59. The molecule has 1 fully saturated rings. The van der Waals surface area contributed by atoms with Crippen molar-refractivity contribution in [2.45, 2.75) is 18.9 Å². The maximum absolute atomic E-state index is 11.4. The average molecular weight is 396 g/mol. The van der Waals surface area contributed by atoms with E-state index in [1.165, 1.54) is 13.4 Å². The van der Waals surface area contributed by atoms with Gasteiger partial charge in [0.25, 0.3) is 5.88 Å². The summed E-state index contributed by atoms with van der Waals surface area (Å²) in [7, 11) is 1.49. The first kappa shape index (κ1) is 17.0. The van der Waals surface area contributed by atoms with Gasteiger partial charge in [0.1, 0.15) is 11.5 Å². The lowest BCUT2D eigenvalue weighted by Gasteiger charge is -2.02. The minimum absolute atomic E-state index is 0.216. The van der Waals surface area contributed by atoms with Crippen LogP contribution in [0.2, 0.25) is 0 Å². The molecule has 0 aromatic carbocycles. The predicted octanol–water partition coefficient (Wildman–Crippen LogP) is -0.198. The second kappa shape index (κ2) is 6.51. The maximum atomic E-state index is 11.4. The van der Waals surface area contributed by atoms with Gasteiger partial charge in [-0.25, -0.2) is 9.78 Å². The van der Waals surface area contributed by atoms with Crippen LogP contribution in [0.4, 0.5) is 11.8 Å². The van der Waals surface area contributed by atoms with E-state index >= 15 is 0 Å². The smallest absolute Gasteiger partial charge is 0.326 e. The van der Waals surface area contributed by atoms with Crippen LogP contribution in [0.25, 0.3) is 11.7 Å². The molecule has 29 heavy (non-hydrogen) atoms. The van der Waals surface area contributed by atoms with Gasteiger partial charge >= 0.3 is 11.7 Å². The Balaban J connectivity index is 1.66. The van der Waals surface area contributed by atoms with Gasteiger partial charge in [-0.15, -0.1) is 0 Å². The number of H-pyrrole nitrogens is 2. The van der Waals surface area contributed by atoms with E-state index in [1.807, 2.05) is 0 Å². The summed E-state index contributed by atoms with van der Waals surface area (Å²) < 4.78 is 11.9. The number of hydrogen-bond acceptors (Lipinski definition) is 9. The molecule has 0 spiro atoms. The van der Waals surface area contributed by atoms with Crippen molar-refractivity contribution in [2.24, 2.45) is 4.99 Å². The Hall–Kier alpha value is -4.09. The zero-order valence-corrected chi connectivity index (χ0v) is 15.2. The summed E-state index contributed by atoms with van der Waals surface area (Å²) in [5.41, 5.74) is 0.810. The molecule has 4 aromatic heterocycles. The normalized spacial score (nSPS) is 15.3. The van der Waals surface area contributed by atoms with Gasteiger partial charge in [0.2, 0.25) is 5.88 Å². The first-order valence-electron chi connectivity index (χ1n) is 8.81. The second-order valence-electron chi connectivity index (χ2n) is 6.50. The summed E-state index contributed by atoms with van der Waals surface area (Å²) in [5, 5.41) is 17.8. The van der Waals surface area contributed by atoms with Gasteiger partial charge in [-0.2, -0.15) is 14.6 Å².